The van der Waals surface area contributed by atoms with Crippen molar-refractivity contribution in [3.05, 3.63) is 82.9 Å². The number of nitrogens with zero attached hydrogens (tertiary/aromatic N) is 4. The average Bonchev–Trinajstić information content (AvgIpc) is 2.73. The topological polar surface area (TPSA) is 124 Å². The Balaban J connectivity index is 1.77. The van der Waals surface area contributed by atoms with E-state index in [2.05, 4.69) is 20.5 Å². The minimum Gasteiger partial charge on any atom is -0.478 e. The van der Waals surface area contributed by atoms with E-state index in [-0.39, 0.29) is 11.1 Å². The predicted molar refractivity (Wildman–Crippen MR) is 111 cm³/mol. The molecule has 0 atom stereocenters. The summed E-state index contributed by atoms with van der Waals surface area (Å²) in [5.41, 5.74) is 4.50. The van der Waals surface area contributed by atoms with Crippen molar-refractivity contribution in [2.24, 2.45) is 20.5 Å². The third-order valence-electron chi connectivity index (χ3n) is 4.29. The molecule has 0 unspecified atom stereocenters. The molecule has 8 nitrogen and oxygen atoms in total. The average molecular weight is 402 g/mol. The summed E-state index contributed by atoms with van der Waals surface area (Å²) in [4.78, 5) is 21.8. The molecule has 0 heterocycles. The minimum absolute atomic E-state index is 0.188. The van der Waals surface area contributed by atoms with Crippen LogP contribution in [0.3, 0.4) is 0 Å². The van der Waals surface area contributed by atoms with Gasteiger partial charge in [-0.25, -0.2) is 9.59 Å². The summed E-state index contributed by atoms with van der Waals surface area (Å²) in [5, 5.41) is 34.7. The molecule has 0 aromatic heterocycles. The number of carboxylic acids is 2. The molecule has 0 saturated carbocycles. The maximum atomic E-state index is 10.9. The van der Waals surface area contributed by atoms with Crippen molar-refractivity contribution in [2.75, 3.05) is 0 Å². The summed E-state index contributed by atoms with van der Waals surface area (Å²) >= 11 is 0. The Kier molecular flexibility index (Phi) is 6.07. The Bertz CT molecular complexity index is 1060. The van der Waals surface area contributed by atoms with Crippen molar-refractivity contribution in [2.45, 2.75) is 13.8 Å². The van der Waals surface area contributed by atoms with E-state index in [0.29, 0.717) is 22.7 Å². The largest absolute Gasteiger partial charge is 0.478 e. The van der Waals surface area contributed by atoms with Gasteiger partial charge in [-0.2, -0.15) is 20.5 Å². The molecule has 0 radical (unpaired) electrons. The normalized spacial score (nSPS) is 11.3. The molecule has 0 fully saturated rings. The number of rotatable bonds is 6. The van der Waals surface area contributed by atoms with E-state index in [0.717, 1.165) is 11.1 Å². The van der Waals surface area contributed by atoms with Crippen LogP contribution in [0.4, 0.5) is 22.7 Å². The first-order chi connectivity index (χ1) is 14.3. The number of aromatic carboxylic acids is 2. The van der Waals surface area contributed by atoms with Gasteiger partial charge in [0, 0.05) is 0 Å². The highest BCUT2D eigenvalue weighted by Crippen LogP contribution is 2.31. The highest BCUT2D eigenvalue weighted by Gasteiger charge is 2.06. The number of hydrogen-bond donors (Lipinski definition) is 2. The molecule has 0 aliphatic carbocycles. The second-order valence-corrected chi connectivity index (χ2v) is 6.53. The number of aryl methyl sites for hydroxylation is 2. The Labute approximate surface area is 172 Å². The molecular formula is C22H18N4O4. The van der Waals surface area contributed by atoms with E-state index in [1.54, 1.807) is 24.3 Å². The van der Waals surface area contributed by atoms with Crippen LogP contribution < -0.4 is 0 Å². The van der Waals surface area contributed by atoms with Gasteiger partial charge >= 0.3 is 11.9 Å². The number of carboxylic acid groups (broad SMARTS) is 2. The first kappa shape index (κ1) is 20.5. The van der Waals surface area contributed by atoms with Crippen LogP contribution in [0.1, 0.15) is 31.8 Å². The van der Waals surface area contributed by atoms with Crippen LogP contribution in [0.5, 0.6) is 0 Å². The van der Waals surface area contributed by atoms with E-state index in [4.69, 9.17) is 10.2 Å². The summed E-state index contributed by atoms with van der Waals surface area (Å²) in [5.74, 6) is -1.99. The molecule has 3 aromatic carbocycles. The second kappa shape index (κ2) is 8.87. The van der Waals surface area contributed by atoms with Gasteiger partial charge in [0.1, 0.15) is 0 Å². The summed E-state index contributed by atoms with van der Waals surface area (Å²) < 4.78 is 0. The van der Waals surface area contributed by atoms with Crippen LogP contribution in [0.2, 0.25) is 0 Å². The fourth-order valence-corrected chi connectivity index (χ4v) is 2.57. The maximum absolute atomic E-state index is 10.9. The fourth-order valence-electron chi connectivity index (χ4n) is 2.57. The lowest BCUT2D eigenvalue weighted by atomic mass is 10.1. The number of benzene rings is 3. The Morgan fingerprint density at radius 3 is 1.23 bits per heavy atom. The molecule has 0 saturated heterocycles. The van der Waals surface area contributed by atoms with Crippen LogP contribution in [0.25, 0.3) is 0 Å². The number of carbonyl (C=O) groups is 2. The molecular weight excluding hydrogens is 384 g/mol. The highest BCUT2D eigenvalue weighted by molar-refractivity contribution is 5.88. The van der Waals surface area contributed by atoms with Crippen molar-refractivity contribution in [1.82, 2.24) is 0 Å². The van der Waals surface area contributed by atoms with E-state index in [9.17, 15) is 9.59 Å². The molecule has 8 heteroatoms. The van der Waals surface area contributed by atoms with Gasteiger partial charge in [-0.1, -0.05) is 0 Å². The molecule has 3 aromatic rings. The van der Waals surface area contributed by atoms with E-state index in [1.165, 1.54) is 24.3 Å². The van der Waals surface area contributed by atoms with Gasteiger partial charge in [0.2, 0.25) is 0 Å². The third-order valence-corrected chi connectivity index (χ3v) is 4.29. The Morgan fingerprint density at radius 1 is 0.600 bits per heavy atom. The van der Waals surface area contributed by atoms with Gasteiger partial charge in [0.05, 0.1) is 33.9 Å². The van der Waals surface area contributed by atoms with Crippen LogP contribution in [-0.4, -0.2) is 22.2 Å². The van der Waals surface area contributed by atoms with E-state index < -0.39 is 11.9 Å². The standard InChI is InChI=1S/C22H18N4O4/c1-13-11-20(26-24-18-9-5-16(6-10-18)22(29)30)14(2)12-19(13)25-23-17-7-3-15(4-8-17)21(27)28/h3-12H,1-2H3,(H,27,28)(H,29,30). The fraction of sp³-hybridized carbons (Fsp3) is 0.0909. The van der Waals surface area contributed by atoms with Crippen molar-refractivity contribution in [3.63, 3.8) is 0 Å². The molecule has 0 aliphatic heterocycles. The Hall–Kier alpha value is -4.20. The highest BCUT2D eigenvalue weighted by atomic mass is 16.4. The predicted octanol–water partition coefficient (Wildman–Crippen LogP) is 6.53. The first-order valence-corrected chi connectivity index (χ1v) is 8.95. The van der Waals surface area contributed by atoms with Crippen LogP contribution in [0.15, 0.2) is 81.1 Å². The molecule has 150 valence electrons. The van der Waals surface area contributed by atoms with Crippen LogP contribution in [0, 0.1) is 13.8 Å². The molecule has 0 bridgehead atoms. The van der Waals surface area contributed by atoms with Crippen molar-refractivity contribution in [3.8, 4) is 0 Å². The van der Waals surface area contributed by atoms with Crippen molar-refractivity contribution < 1.29 is 19.8 Å². The van der Waals surface area contributed by atoms with Crippen LogP contribution in [-0.2, 0) is 0 Å². The van der Waals surface area contributed by atoms with Gasteiger partial charge < -0.3 is 10.2 Å². The SMILES string of the molecule is Cc1cc(N=Nc2ccc(C(=O)O)cc2)c(C)cc1N=Nc1ccc(C(=O)O)cc1. The zero-order chi connectivity index (χ0) is 21.7. The minimum atomic E-state index is -0.993. The zero-order valence-electron chi connectivity index (χ0n) is 16.3. The maximum Gasteiger partial charge on any atom is 0.335 e. The first-order valence-electron chi connectivity index (χ1n) is 8.95. The van der Waals surface area contributed by atoms with E-state index in [1.807, 2.05) is 26.0 Å². The van der Waals surface area contributed by atoms with Gasteiger partial charge in [-0.05, 0) is 85.6 Å². The molecule has 0 aliphatic rings. The second-order valence-electron chi connectivity index (χ2n) is 6.53. The molecule has 3 rings (SSSR count). The Morgan fingerprint density at radius 2 is 0.933 bits per heavy atom. The lowest BCUT2D eigenvalue weighted by Crippen LogP contribution is -1.93. The van der Waals surface area contributed by atoms with Crippen molar-refractivity contribution >= 4 is 34.7 Å². The summed E-state index contributed by atoms with van der Waals surface area (Å²) in [7, 11) is 0. The lowest BCUT2D eigenvalue weighted by Gasteiger charge is -2.05. The van der Waals surface area contributed by atoms with Gasteiger partial charge in [0.15, 0.2) is 0 Å². The number of hydrogen-bond acceptors (Lipinski definition) is 6. The molecule has 30 heavy (non-hydrogen) atoms. The summed E-state index contributed by atoms with van der Waals surface area (Å²) in [6.07, 6.45) is 0. The summed E-state index contributed by atoms with van der Waals surface area (Å²) in [6, 6.07) is 15.9. The summed E-state index contributed by atoms with van der Waals surface area (Å²) in [6.45, 7) is 3.75. The molecule has 0 amide bonds. The lowest BCUT2D eigenvalue weighted by molar-refractivity contribution is 0.0686. The smallest absolute Gasteiger partial charge is 0.335 e. The van der Waals surface area contributed by atoms with Crippen molar-refractivity contribution in [1.29, 1.82) is 0 Å². The van der Waals surface area contributed by atoms with Gasteiger partial charge in [-0.15, -0.1) is 0 Å². The number of azo groups is 2. The zero-order valence-corrected chi connectivity index (χ0v) is 16.3. The quantitative estimate of drug-likeness (QED) is 0.455. The molecule has 2 N–H and O–H groups in total. The van der Waals surface area contributed by atoms with Gasteiger partial charge in [-0.3, -0.25) is 0 Å². The molecule has 0 spiro atoms. The third kappa shape index (κ3) is 4.99. The van der Waals surface area contributed by atoms with Crippen LogP contribution >= 0.6 is 0 Å². The van der Waals surface area contributed by atoms with E-state index >= 15 is 0 Å². The monoisotopic (exact) mass is 402 g/mol. The van der Waals surface area contributed by atoms with Gasteiger partial charge in [0.25, 0.3) is 0 Å².